The number of hydrogen-bond acceptors (Lipinski definition) is 13. The quantitative estimate of drug-likeness (QED) is 0.138. The second kappa shape index (κ2) is 16.3. The second-order valence-electron chi connectivity index (χ2n) is 15.1. The van der Waals surface area contributed by atoms with Crippen molar-refractivity contribution in [1.82, 2.24) is 45.2 Å². The van der Waals surface area contributed by atoms with E-state index in [1.165, 1.54) is 0 Å². The van der Waals surface area contributed by atoms with Crippen LogP contribution in [0.5, 0.6) is 0 Å². The van der Waals surface area contributed by atoms with E-state index in [0.717, 1.165) is 99.3 Å². The fourth-order valence-electron chi connectivity index (χ4n) is 8.39. The predicted octanol–water partition coefficient (Wildman–Crippen LogP) is 5.72. The zero-order valence-corrected chi connectivity index (χ0v) is 32.5. The van der Waals surface area contributed by atoms with Crippen LogP contribution in [0.25, 0.3) is 17.2 Å². The molecule has 1 aliphatic carbocycles. The van der Waals surface area contributed by atoms with Crippen molar-refractivity contribution in [2.75, 3.05) is 54.9 Å². The number of piperazine rings is 1. The molecule has 3 fully saturated rings. The van der Waals surface area contributed by atoms with Crippen molar-refractivity contribution in [2.45, 2.75) is 77.0 Å². The number of amides is 3. The fraction of sp³-hybridized carbons (Fsp3) is 0.462. The molecule has 3 N–H and O–H groups in total. The van der Waals surface area contributed by atoms with Gasteiger partial charge in [0, 0.05) is 62.7 Å². The molecule has 18 heteroatoms. The van der Waals surface area contributed by atoms with Crippen molar-refractivity contribution in [3.8, 4) is 11.5 Å². The van der Waals surface area contributed by atoms with E-state index in [9.17, 15) is 9.59 Å². The number of nitrogens with one attached hydrogen (secondary N) is 3. The molecule has 0 radical (unpaired) electrons. The SMILES string of the molecule is Cc1cc(NC(=O)Nc2cnc3c(Cl)cnn3c2C2CCCC2)cnc1-c1noc(CCCCN2CCN(c3ccc4c(c3)CN(C3CCONO3)C4=O)CC2)n1. The highest BCUT2D eigenvalue weighted by molar-refractivity contribution is 6.33. The summed E-state index contributed by atoms with van der Waals surface area (Å²) >= 11 is 6.31. The number of carbonyl (C=O) groups is 2. The predicted molar refractivity (Wildman–Crippen MR) is 211 cm³/mol. The first kappa shape index (κ1) is 37.4. The van der Waals surface area contributed by atoms with Gasteiger partial charge in [-0.1, -0.05) is 35.2 Å². The summed E-state index contributed by atoms with van der Waals surface area (Å²) in [6, 6.07) is 7.60. The third-order valence-corrected chi connectivity index (χ3v) is 11.6. The largest absolute Gasteiger partial charge is 0.369 e. The first-order valence-electron chi connectivity index (χ1n) is 19.7. The summed E-state index contributed by atoms with van der Waals surface area (Å²) in [6.07, 6.45) is 12.0. The number of anilines is 3. The molecule has 0 spiro atoms. The highest BCUT2D eigenvalue weighted by Gasteiger charge is 2.35. The van der Waals surface area contributed by atoms with Gasteiger partial charge in [0.1, 0.15) is 10.7 Å². The number of rotatable bonds is 11. The number of aromatic nitrogens is 6. The van der Waals surface area contributed by atoms with Crippen molar-refractivity contribution in [3.63, 3.8) is 0 Å². The van der Waals surface area contributed by atoms with Crippen molar-refractivity contribution in [3.05, 3.63) is 76.2 Å². The monoisotopic (exact) mass is 796 g/mol. The number of urea groups is 1. The molecule has 298 valence electrons. The average molecular weight is 797 g/mol. The second-order valence-corrected chi connectivity index (χ2v) is 15.5. The van der Waals surface area contributed by atoms with Crippen LogP contribution in [0.15, 0.2) is 47.4 Å². The lowest BCUT2D eigenvalue weighted by Gasteiger charge is -2.36. The van der Waals surface area contributed by atoms with Crippen LogP contribution in [-0.4, -0.2) is 97.0 Å². The van der Waals surface area contributed by atoms with E-state index in [2.05, 4.69) is 63.4 Å². The molecule has 5 aromatic rings. The van der Waals surface area contributed by atoms with Gasteiger partial charge < -0.3 is 25.0 Å². The first-order valence-corrected chi connectivity index (χ1v) is 20.1. The van der Waals surface area contributed by atoms with Gasteiger partial charge in [-0.25, -0.2) is 14.3 Å². The minimum Gasteiger partial charge on any atom is -0.369 e. The number of unbranched alkanes of at least 4 members (excludes halogenated alkanes) is 1. The smallest absolute Gasteiger partial charge is 0.323 e. The molecule has 7 heterocycles. The lowest BCUT2D eigenvalue weighted by molar-refractivity contribution is -0.266. The van der Waals surface area contributed by atoms with Gasteiger partial charge in [0.2, 0.25) is 11.7 Å². The molecular weight excluding hydrogens is 752 g/mol. The van der Waals surface area contributed by atoms with Gasteiger partial charge in [-0.2, -0.15) is 10.1 Å². The average Bonchev–Trinajstić information content (AvgIpc) is 4.06. The van der Waals surface area contributed by atoms with Crippen LogP contribution >= 0.6 is 11.6 Å². The molecule has 9 rings (SSSR count). The highest BCUT2D eigenvalue weighted by Crippen LogP contribution is 2.38. The van der Waals surface area contributed by atoms with Crippen LogP contribution in [0.2, 0.25) is 5.02 Å². The molecule has 2 saturated heterocycles. The topological polar surface area (TPSA) is 180 Å². The van der Waals surface area contributed by atoms with Crippen LogP contribution in [0, 0.1) is 6.92 Å². The molecule has 0 bridgehead atoms. The van der Waals surface area contributed by atoms with Gasteiger partial charge in [0.05, 0.1) is 42.3 Å². The molecule has 3 amide bonds. The molecule has 3 aliphatic heterocycles. The molecule has 1 aromatic carbocycles. The van der Waals surface area contributed by atoms with Crippen LogP contribution in [-0.2, 0) is 22.6 Å². The Bertz CT molecular complexity index is 2260. The van der Waals surface area contributed by atoms with Gasteiger partial charge in [-0.3, -0.25) is 24.4 Å². The number of hydrogen-bond donors (Lipinski definition) is 3. The minimum absolute atomic E-state index is 0.00242. The maximum atomic E-state index is 13.2. The van der Waals surface area contributed by atoms with Crippen molar-refractivity contribution < 1.29 is 23.8 Å². The number of nitrogens with zero attached hydrogens (tertiary/aromatic N) is 9. The number of benzene rings is 1. The Morgan fingerprint density at radius 2 is 1.88 bits per heavy atom. The number of halogens is 1. The van der Waals surface area contributed by atoms with Gasteiger partial charge in [0.15, 0.2) is 11.9 Å². The third-order valence-electron chi connectivity index (χ3n) is 11.4. The summed E-state index contributed by atoms with van der Waals surface area (Å²) in [7, 11) is 0. The standard InChI is InChI=1S/C39H45ClN12O5/c1-24-18-27(44-39(54)45-31-22-42-37-30(40)21-43-52(37)35(31)25-6-2-3-7-25)20-41-34(24)36-46-32(56-47-36)8-4-5-12-49-13-15-50(16-14-49)28-9-10-29-26(19-28)23-51(38(29)53)33-11-17-55-48-57-33/h9-10,18-22,25,33,48H,2-8,11-17,23H2,1H3,(H2,44,45,54). The van der Waals surface area contributed by atoms with Gasteiger partial charge in [-0.05, 0) is 74.5 Å². The minimum atomic E-state index is -0.406. The summed E-state index contributed by atoms with van der Waals surface area (Å²) in [6.45, 7) is 7.74. The molecule has 1 unspecified atom stereocenters. The van der Waals surface area contributed by atoms with E-state index in [1.54, 1.807) is 28.0 Å². The van der Waals surface area contributed by atoms with Crippen molar-refractivity contribution in [2.24, 2.45) is 0 Å². The Labute approximate surface area is 333 Å². The Morgan fingerprint density at radius 1 is 1.02 bits per heavy atom. The molecule has 4 aromatic heterocycles. The summed E-state index contributed by atoms with van der Waals surface area (Å²) in [5.74, 6) is 1.26. The van der Waals surface area contributed by atoms with Crippen LogP contribution in [0.4, 0.5) is 21.9 Å². The highest BCUT2D eigenvalue weighted by atomic mass is 35.5. The van der Waals surface area contributed by atoms with E-state index in [4.69, 9.17) is 25.8 Å². The summed E-state index contributed by atoms with van der Waals surface area (Å²) in [5, 5.41) is 15.0. The Kier molecular flexibility index (Phi) is 10.7. The third kappa shape index (κ3) is 7.89. The van der Waals surface area contributed by atoms with E-state index in [-0.39, 0.29) is 18.1 Å². The molecule has 1 saturated carbocycles. The molecule has 57 heavy (non-hydrogen) atoms. The Morgan fingerprint density at radius 3 is 2.68 bits per heavy atom. The van der Waals surface area contributed by atoms with Crippen LogP contribution < -0.4 is 21.2 Å². The van der Waals surface area contributed by atoms with Crippen molar-refractivity contribution in [1.29, 1.82) is 0 Å². The van der Waals surface area contributed by atoms with Gasteiger partial charge in [0.25, 0.3) is 5.91 Å². The van der Waals surface area contributed by atoms with E-state index in [0.29, 0.717) is 65.4 Å². The van der Waals surface area contributed by atoms with Crippen LogP contribution in [0.3, 0.4) is 0 Å². The maximum Gasteiger partial charge on any atom is 0.323 e. The number of aryl methyl sites for hydroxylation is 2. The number of fused-ring (bicyclic) bond motifs is 2. The van der Waals surface area contributed by atoms with Crippen molar-refractivity contribution >= 4 is 46.2 Å². The van der Waals surface area contributed by atoms with Crippen LogP contribution in [0.1, 0.15) is 83.9 Å². The Hall–Kier alpha value is -5.20. The lowest BCUT2D eigenvalue weighted by Crippen LogP contribution is -2.46. The lowest BCUT2D eigenvalue weighted by atomic mass is 10.0. The normalized spacial score (nSPS) is 19.1. The Balaban J connectivity index is 0.730. The van der Waals surface area contributed by atoms with E-state index < -0.39 is 6.03 Å². The summed E-state index contributed by atoms with van der Waals surface area (Å²) in [4.78, 5) is 56.9. The van der Waals surface area contributed by atoms with E-state index in [1.807, 2.05) is 19.1 Å². The summed E-state index contributed by atoms with van der Waals surface area (Å²) in [5.41, 5.74) is 9.42. The zero-order chi connectivity index (χ0) is 38.9. The number of carbonyl (C=O) groups excluding carboxylic acids is 2. The zero-order valence-electron chi connectivity index (χ0n) is 31.7. The van der Waals surface area contributed by atoms with Gasteiger partial charge in [-0.15, -0.1) is 0 Å². The first-order chi connectivity index (χ1) is 27.9. The maximum absolute atomic E-state index is 13.2. The molecule has 17 nitrogen and oxygen atoms in total. The van der Waals surface area contributed by atoms with E-state index >= 15 is 0 Å². The molecule has 1 atom stereocenters. The summed E-state index contributed by atoms with van der Waals surface area (Å²) < 4.78 is 7.34. The molecule has 4 aliphatic rings. The van der Waals surface area contributed by atoms with Gasteiger partial charge >= 0.3 is 6.03 Å². The number of pyridine rings is 1. The fourth-order valence-corrected chi connectivity index (χ4v) is 8.57. The molecular formula is C39H45ClN12O5.